The molecule has 1 fully saturated rings. The maximum atomic E-state index is 12.4. The topological polar surface area (TPSA) is 32.8 Å². The zero-order valence-electron chi connectivity index (χ0n) is 16.4. The highest BCUT2D eigenvalue weighted by Crippen LogP contribution is 2.46. The molecule has 25 heavy (non-hydrogen) atoms. The van der Waals surface area contributed by atoms with Crippen LogP contribution in [0.15, 0.2) is 18.2 Å². The second-order valence-corrected chi connectivity index (χ2v) is 8.60. The lowest BCUT2D eigenvalue weighted by Gasteiger charge is -2.48. The molecule has 3 rings (SSSR count). The predicted molar refractivity (Wildman–Crippen MR) is 102 cm³/mol. The number of amides is 1. The van der Waals surface area contributed by atoms with E-state index < -0.39 is 5.60 Å². The monoisotopic (exact) mass is 344 g/mol. The first kappa shape index (κ1) is 18.1. The zero-order chi connectivity index (χ0) is 18.2. The van der Waals surface area contributed by atoms with Gasteiger partial charge in [-0.25, -0.2) is 4.79 Å². The van der Waals surface area contributed by atoms with E-state index in [1.54, 1.807) is 0 Å². The van der Waals surface area contributed by atoms with E-state index in [9.17, 15) is 4.79 Å². The fourth-order valence-corrected chi connectivity index (χ4v) is 4.25. The number of hydrogen-bond acceptors (Lipinski definition) is 3. The fraction of sp³-hybridized carbons (Fsp3) is 0.667. The van der Waals surface area contributed by atoms with E-state index in [2.05, 4.69) is 36.9 Å². The average Bonchev–Trinajstić information content (AvgIpc) is 2.54. The van der Waals surface area contributed by atoms with Gasteiger partial charge in [-0.1, -0.05) is 12.1 Å². The number of nitrogens with zero attached hydrogens (tertiary/aromatic N) is 2. The van der Waals surface area contributed by atoms with Gasteiger partial charge in [0.25, 0.3) is 0 Å². The number of piperidine rings is 1. The molecule has 1 amide bonds. The Bertz CT molecular complexity index is 640. The summed E-state index contributed by atoms with van der Waals surface area (Å²) in [7, 11) is 0. The molecule has 4 nitrogen and oxygen atoms in total. The Morgan fingerprint density at radius 1 is 1.16 bits per heavy atom. The van der Waals surface area contributed by atoms with E-state index in [-0.39, 0.29) is 11.5 Å². The molecule has 0 N–H and O–H groups in total. The van der Waals surface area contributed by atoms with Crippen LogP contribution in [0.25, 0.3) is 0 Å². The summed E-state index contributed by atoms with van der Waals surface area (Å²) in [6.45, 7) is 13.9. The molecular formula is C21H32N2O2. The molecule has 2 heterocycles. The van der Waals surface area contributed by atoms with Crippen LogP contribution in [0.1, 0.15) is 58.1 Å². The SMILES string of the molecule is CCN1CCC2(CCN(C(=O)OC(C)(C)C)CC2)c2ccc(C)cc21. The number of fused-ring (bicyclic) bond motifs is 2. The third-order valence-electron chi connectivity index (χ3n) is 5.68. The third kappa shape index (κ3) is 3.63. The minimum atomic E-state index is -0.428. The van der Waals surface area contributed by atoms with Crippen molar-refractivity contribution in [3.8, 4) is 0 Å². The van der Waals surface area contributed by atoms with E-state index in [1.807, 2.05) is 25.7 Å². The largest absolute Gasteiger partial charge is 0.444 e. The van der Waals surface area contributed by atoms with Gasteiger partial charge in [0.05, 0.1) is 0 Å². The molecule has 0 radical (unpaired) electrons. The minimum absolute atomic E-state index is 0.169. The number of hydrogen-bond donors (Lipinski definition) is 0. The lowest BCUT2D eigenvalue weighted by atomic mass is 9.68. The lowest BCUT2D eigenvalue weighted by Crippen LogP contribution is -2.50. The van der Waals surface area contributed by atoms with Crippen molar-refractivity contribution in [2.45, 2.75) is 64.9 Å². The number of ether oxygens (including phenoxy) is 1. The molecule has 4 heteroatoms. The molecule has 2 aliphatic rings. The minimum Gasteiger partial charge on any atom is -0.444 e. The van der Waals surface area contributed by atoms with Gasteiger partial charge in [-0.05, 0) is 71.1 Å². The fourth-order valence-electron chi connectivity index (χ4n) is 4.25. The maximum Gasteiger partial charge on any atom is 0.410 e. The van der Waals surface area contributed by atoms with Crippen LogP contribution in [0.5, 0.6) is 0 Å². The van der Waals surface area contributed by atoms with Crippen molar-refractivity contribution >= 4 is 11.8 Å². The van der Waals surface area contributed by atoms with Crippen molar-refractivity contribution in [1.29, 1.82) is 0 Å². The summed E-state index contributed by atoms with van der Waals surface area (Å²) in [4.78, 5) is 16.7. The van der Waals surface area contributed by atoms with Gasteiger partial charge < -0.3 is 14.5 Å². The predicted octanol–water partition coefficient (Wildman–Crippen LogP) is 4.49. The molecule has 0 unspecified atom stereocenters. The Hall–Kier alpha value is -1.71. The molecule has 1 saturated heterocycles. The molecule has 0 saturated carbocycles. The summed E-state index contributed by atoms with van der Waals surface area (Å²) < 4.78 is 5.55. The molecule has 1 spiro atoms. The van der Waals surface area contributed by atoms with E-state index in [4.69, 9.17) is 4.74 Å². The normalized spacial score (nSPS) is 19.7. The van der Waals surface area contributed by atoms with Crippen molar-refractivity contribution < 1.29 is 9.53 Å². The molecule has 138 valence electrons. The van der Waals surface area contributed by atoms with Gasteiger partial charge in [0.1, 0.15) is 5.60 Å². The van der Waals surface area contributed by atoms with E-state index in [0.717, 1.165) is 39.0 Å². The van der Waals surface area contributed by atoms with Crippen LogP contribution >= 0.6 is 0 Å². The summed E-state index contributed by atoms with van der Waals surface area (Å²) in [6.07, 6.45) is 3.07. The van der Waals surface area contributed by atoms with Gasteiger partial charge in [0.15, 0.2) is 0 Å². The highest BCUT2D eigenvalue weighted by molar-refractivity contribution is 5.68. The van der Waals surface area contributed by atoms with Crippen LogP contribution < -0.4 is 4.90 Å². The Morgan fingerprint density at radius 2 is 1.80 bits per heavy atom. The van der Waals surface area contributed by atoms with Gasteiger partial charge in [-0.2, -0.15) is 0 Å². The average molecular weight is 344 g/mol. The van der Waals surface area contributed by atoms with Crippen molar-refractivity contribution in [2.24, 2.45) is 0 Å². The van der Waals surface area contributed by atoms with Gasteiger partial charge in [-0.3, -0.25) is 0 Å². The highest BCUT2D eigenvalue weighted by atomic mass is 16.6. The Balaban J connectivity index is 1.78. The standard InChI is InChI=1S/C21H32N2O2/c1-6-22-12-9-21(17-8-7-16(2)15-18(17)22)10-13-23(14-11-21)19(24)25-20(3,4)5/h7-8,15H,6,9-14H2,1-5H3. The van der Waals surface area contributed by atoms with E-state index in [1.165, 1.54) is 23.2 Å². The van der Waals surface area contributed by atoms with Crippen LogP contribution in [0.2, 0.25) is 0 Å². The highest BCUT2D eigenvalue weighted by Gasteiger charge is 2.42. The molecule has 0 bridgehead atoms. The van der Waals surface area contributed by atoms with Crippen molar-refractivity contribution in [3.05, 3.63) is 29.3 Å². The number of carbonyl (C=O) groups excluding carboxylic acids is 1. The smallest absolute Gasteiger partial charge is 0.410 e. The van der Waals surface area contributed by atoms with Gasteiger partial charge in [-0.15, -0.1) is 0 Å². The molecule has 1 aromatic carbocycles. The van der Waals surface area contributed by atoms with E-state index in [0.29, 0.717) is 0 Å². The maximum absolute atomic E-state index is 12.4. The Labute approximate surface area is 152 Å². The second-order valence-electron chi connectivity index (χ2n) is 8.60. The summed E-state index contributed by atoms with van der Waals surface area (Å²) in [6, 6.07) is 6.90. The van der Waals surface area contributed by atoms with Crippen LogP contribution in [-0.4, -0.2) is 42.8 Å². The summed E-state index contributed by atoms with van der Waals surface area (Å²) >= 11 is 0. The van der Waals surface area contributed by atoms with Crippen molar-refractivity contribution in [2.75, 3.05) is 31.1 Å². The van der Waals surface area contributed by atoms with Crippen LogP contribution in [0.3, 0.4) is 0 Å². The number of anilines is 1. The lowest BCUT2D eigenvalue weighted by molar-refractivity contribution is 0.0158. The quantitative estimate of drug-likeness (QED) is 0.752. The summed E-state index contributed by atoms with van der Waals surface area (Å²) in [5.41, 5.74) is 3.99. The first-order valence-electron chi connectivity index (χ1n) is 9.58. The number of carbonyl (C=O) groups is 1. The number of rotatable bonds is 1. The van der Waals surface area contributed by atoms with Crippen molar-refractivity contribution in [1.82, 2.24) is 4.90 Å². The molecule has 1 aromatic rings. The van der Waals surface area contributed by atoms with Gasteiger partial charge in [0, 0.05) is 37.3 Å². The molecular weight excluding hydrogens is 312 g/mol. The summed E-state index contributed by atoms with van der Waals surface area (Å²) in [5, 5.41) is 0. The van der Waals surface area contributed by atoms with Gasteiger partial charge in [0.2, 0.25) is 0 Å². The van der Waals surface area contributed by atoms with Crippen LogP contribution in [0.4, 0.5) is 10.5 Å². The summed E-state index contributed by atoms with van der Waals surface area (Å²) in [5.74, 6) is 0. The zero-order valence-corrected chi connectivity index (χ0v) is 16.4. The van der Waals surface area contributed by atoms with Gasteiger partial charge >= 0.3 is 6.09 Å². The first-order chi connectivity index (χ1) is 11.7. The molecule has 0 atom stereocenters. The van der Waals surface area contributed by atoms with Crippen LogP contribution in [0, 0.1) is 6.92 Å². The molecule has 0 aromatic heterocycles. The van der Waals surface area contributed by atoms with Crippen molar-refractivity contribution in [3.63, 3.8) is 0 Å². The van der Waals surface area contributed by atoms with Crippen LogP contribution in [-0.2, 0) is 10.2 Å². The van der Waals surface area contributed by atoms with E-state index >= 15 is 0 Å². The number of aryl methyl sites for hydroxylation is 1. The molecule has 0 aliphatic carbocycles. The first-order valence-corrected chi connectivity index (χ1v) is 9.58. The Kier molecular flexibility index (Phi) is 4.74. The molecule has 2 aliphatic heterocycles. The Morgan fingerprint density at radius 3 is 2.40 bits per heavy atom. The second kappa shape index (κ2) is 6.54. The number of benzene rings is 1. The number of likely N-dealkylation sites (tertiary alicyclic amines) is 1. The third-order valence-corrected chi connectivity index (χ3v) is 5.68.